The highest BCUT2D eigenvalue weighted by Crippen LogP contribution is 2.17. The molecule has 86 valence electrons. The predicted molar refractivity (Wildman–Crippen MR) is 65.6 cm³/mol. The summed E-state index contributed by atoms with van der Waals surface area (Å²) in [5, 5.41) is 0. The Morgan fingerprint density at radius 2 is 1.57 bits per heavy atom. The number of hydrogen-bond acceptors (Lipinski definition) is 1. The van der Waals surface area contributed by atoms with E-state index in [4.69, 9.17) is 0 Å². The molecule has 0 aromatic rings. The van der Waals surface area contributed by atoms with E-state index in [2.05, 4.69) is 46.4 Å². The molecule has 0 spiro atoms. The molecule has 14 heavy (non-hydrogen) atoms. The van der Waals surface area contributed by atoms with Crippen molar-refractivity contribution in [3.8, 4) is 0 Å². The highest BCUT2D eigenvalue weighted by atomic mass is 15.1. The van der Waals surface area contributed by atoms with E-state index in [-0.39, 0.29) is 0 Å². The maximum atomic E-state index is 2.62. The molecule has 0 aliphatic rings. The number of hydrogen-bond donors (Lipinski definition) is 0. The molecule has 1 unspecified atom stereocenters. The molecule has 0 rings (SSSR count). The third-order valence-electron chi connectivity index (χ3n) is 3.18. The molecule has 0 radical (unpaired) electrons. The van der Waals surface area contributed by atoms with Crippen molar-refractivity contribution in [2.24, 2.45) is 11.8 Å². The summed E-state index contributed by atoms with van der Waals surface area (Å²) in [5.41, 5.74) is 0. The van der Waals surface area contributed by atoms with Crippen LogP contribution in [0.15, 0.2) is 0 Å². The molecule has 0 aromatic carbocycles. The summed E-state index contributed by atoms with van der Waals surface area (Å²) in [5.74, 6) is 1.68. The predicted octanol–water partition coefficient (Wildman–Crippen LogP) is 3.79. The second kappa shape index (κ2) is 7.28. The summed E-state index contributed by atoms with van der Waals surface area (Å²) in [7, 11) is 0. The first-order chi connectivity index (χ1) is 6.52. The molecule has 0 bridgehead atoms. The average molecular weight is 199 g/mol. The van der Waals surface area contributed by atoms with Crippen molar-refractivity contribution in [2.45, 2.75) is 60.4 Å². The van der Waals surface area contributed by atoms with Crippen molar-refractivity contribution in [3.05, 3.63) is 0 Å². The molecule has 1 atom stereocenters. The largest absolute Gasteiger partial charge is 0.301 e. The SMILES string of the molecule is CCCN(CC(CC)C(C)C)C(C)C. The van der Waals surface area contributed by atoms with Crippen LogP contribution in [0.3, 0.4) is 0 Å². The number of rotatable bonds is 7. The Morgan fingerprint density at radius 1 is 1.00 bits per heavy atom. The van der Waals surface area contributed by atoms with Crippen LogP contribution in [0, 0.1) is 11.8 Å². The van der Waals surface area contributed by atoms with Gasteiger partial charge in [0.15, 0.2) is 0 Å². The van der Waals surface area contributed by atoms with Crippen LogP contribution < -0.4 is 0 Å². The summed E-state index contributed by atoms with van der Waals surface area (Å²) in [6.45, 7) is 16.4. The molecule has 0 saturated carbocycles. The summed E-state index contributed by atoms with van der Waals surface area (Å²) in [4.78, 5) is 2.62. The van der Waals surface area contributed by atoms with Crippen molar-refractivity contribution < 1.29 is 0 Å². The zero-order valence-corrected chi connectivity index (χ0v) is 11.0. The monoisotopic (exact) mass is 199 g/mol. The number of nitrogens with zero attached hydrogens (tertiary/aromatic N) is 1. The van der Waals surface area contributed by atoms with Gasteiger partial charge in [-0.1, -0.05) is 34.1 Å². The third-order valence-corrected chi connectivity index (χ3v) is 3.18. The average Bonchev–Trinajstić information content (AvgIpc) is 2.11. The highest BCUT2D eigenvalue weighted by molar-refractivity contribution is 4.70. The molecule has 0 N–H and O–H groups in total. The van der Waals surface area contributed by atoms with Crippen LogP contribution in [0.4, 0.5) is 0 Å². The Bertz CT molecular complexity index is 129. The van der Waals surface area contributed by atoms with Gasteiger partial charge in [-0.05, 0) is 38.6 Å². The lowest BCUT2D eigenvalue weighted by Crippen LogP contribution is -2.37. The lowest BCUT2D eigenvalue weighted by molar-refractivity contribution is 0.162. The van der Waals surface area contributed by atoms with Crippen LogP contribution in [0.1, 0.15) is 54.4 Å². The van der Waals surface area contributed by atoms with Crippen LogP contribution in [0.5, 0.6) is 0 Å². The minimum atomic E-state index is 0.697. The van der Waals surface area contributed by atoms with E-state index < -0.39 is 0 Å². The summed E-state index contributed by atoms with van der Waals surface area (Å²) in [6.07, 6.45) is 2.58. The van der Waals surface area contributed by atoms with E-state index in [1.165, 1.54) is 25.9 Å². The van der Waals surface area contributed by atoms with Gasteiger partial charge in [0.05, 0.1) is 0 Å². The fraction of sp³-hybridized carbons (Fsp3) is 1.00. The molecular formula is C13H29N. The summed E-state index contributed by atoms with van der Waals surface area (Å²) in [6, 6.07) is 0.697. The first-order valence-corrected chi connectivity index (χ1v) is 6.26. The van der Waals surface area contributed by atoms with Crippen LogP contribution >= 0.6 is 0 Å². The van der Waals surface area contributed by atoms with Crippen LogP contribution in [0.25, 0.3) is 0 Å². The van der Waals surface area contributed by atoms with E-state index in [0.29, 0.717) is 6.04 Å². The Balaban J connectivity index is 4.11. The first-order valence-electron chi connectivity index (χ1n) is 6.26. The Morgan fingerprint density at radius 3 is 1.86 bits per heavy atom. The summed E-state index contributed by atoms with van der Waals surface area (Å²) >= 11 is 0. The van der Waals surface area contributed by atoms with Crippen LogP contribution in [-0.4, -0.2) is 24.0 Å². The van der Waals surface area contributed by atoms with Gasteiger partial charge < -0.3 is 4.90 Å². The lowest BCUT2D eigenvalue weighted by atomic mass is 9.92. The smallest absolute Gasteiger partial charge is 0.00387 e. The first kappa shape index (κ1) is 14.0. The van der Waals surface area contributed by atoms with E-state index in [1.807, 2.05) is 0 Å². The minimum Gasteiger partial charge on any atom is -0.301 e. The fourth-order valence-electron chi connectivity index (χ4n) is 1.96. The van der Waals surface area contributed by atoms with E-state index in [1.54, 1.807) is 0 Å². The third kappa shape index (κ3) is 4.99. The van der Waals surface area contributed by atoms with Gasteiger partial charge in [-0.15, -0.1) is 0 Å². The van der Waals surface area contributed by atoms with E-state index in [9.17, 15) is 0 Å². The van der Waals surface area contributed by atoms with Crippen molar-refractivity contribution in [1.29, 1.82) is 0 Å². The zero-order valence-electron chi connectivity index (χ0n) is 11.0. The van der Waals surface area contributed by atoms with Crippen molar-refractivity contribution in [1.82, 2.24) is 4.90 Å². The topological polar surface area (TPSA) is 3.24 Å². The van der Waals surface area contributed by atoms with Gasteiger partial charge in [0.1, 0.15) is 0 Å². The molecule has 0 saturated heterocycles. The molecule has 1 heteroatoms. The Hall–Kier alpha value is -0.0400. The lowest BCUT2D eigenvalue weighted by Gasteiger charge is -2.31. The molecule has 0 heterocycles. The zero-order chi connectivity index (χ0) is 11.1. The van der Waals surface area contributed by atoms with Crippen molar-refractivity contribution in [2.75, 3.05) is 13.1 Å². The Kier molecular flexibility index (Phi) is 7.26. The minimum absolute atomic E-state index is 0.697. The quantitative estimate of drug-likeness (QED) is 0.603. The Labute approximate surface area is 90.9 Å². The maximum Gasteiger partial charge on any atom is 0.00387 e. The summed E-state index contributed by atoms with van der Waals surface area (Å²) < 4.78 is 0. The van der Waals surface area contributed by atoms with Gasteiger partial charge >= 0.3 is 0 Å². The van der Waals surface area contributed by atoms with Crippen molar-refractivity contribution in [3.63, 3.8) is 0 Å². The molecule has 0 aromatic heterocycles. The van der Waals surface area contributed by atoms with Gasteiger partial charge in [0.2, 0.25) is 0 Å². The molecular weight excluding hydrogens is 170 g/mol. The van der Waals surface area contributed by atoms with Crippen LogP contribution in [-0.2, 0) is 0 Å². The standard InChI is InChI=1S/C13H29N/c1-7-9-14(12(5)6)10-13(8-2)11(3)4/h11-13H,7-10H2,1-6H3. The second-order valence-corrected chi connectivity index (χ2v) is 5.00. The van der Waals surface area contributed by atoms with Gasteiger partial charge in [-0.25, -0.2) is 0 Å². The maximum absolute atomic E-state index is 2.62. The molecule has 0 amide bonds. The fourth-order valence-corrected chi connectivity index (χ4v) is 1.96. The molecule has 0 aliphatic heterocycles. The normalized spacial score (nSPS) is 14.4. The van der Waals surface area contributed by atoms with Gasteiger partial charge in [-0.2, -0.15) is 0 Å². The van der Waals surface area contributed by atoms with E-state index in [0.717, 1.165) is 11.8 Å². The van der Waals surface area contributed by atoms with Crippen molar-refractivity contribution >= 4 is 0 Å². The van der Waals surface area contributed by atoms with E-state index >= 15 is 0 Å². The highest BCUT2D eigenvalue weighted by Gasteiger charge is 2.17. The van der Waals surface area contributed by atoms with Gasteiger partial charge in [-0.3, -0.25) is 0 Å². The molecule has 1 nitrogen and oxygen atoms in total. The van der Waals surface area contributed by atoms with Gasteiger partial charge in [0, 0.05) is 12.6 Å². The van der Waals surface area contributed by atoms with Crippen LogP contribution in [0.2, 0.25) is 0 Å². The molecule has 0 aliphatic carbocycles. The van der Waals surface area contributed by atoms with Gasteiger partial charge in [0.25, 0.3) is 0 Å². The molecule has 0 fully saturated rings. The second-order valence-electron chi connectivity index (χ2n) is 5.00.